The first kappa shape index (κ1) is 35.4. The van der Waals surface area contributed by atoms with E-state index < -0.39 is 12.2 Å². The standard InChI is InChI=1S/C24H18N4O3.C16H13N3O3/c1-16-23(30-14-19-7-9-20(26-2)10-8-19)21-15-31-24(29)28(22(21)12-27-16)13-18-5-3-17(11-25)4-6-18;1-10-15(20)13-9-22-16(21)19(14(13)7-18-10)8-12-4-2-11(6-17)3-5-12/h3-10,12H,13-15H2,1H3;2-5,7,20H,8-9H2,1H3. The molecule has 1 N–H and O–H groups in total. The summed E-state index contributed by atoms with van der Waals surface area (Å²) in [5, 5.41) is 27.8. The zero-order valence-corrected chi connectivity index (χ0v) is 28.7. The predicted molar refractivity (Wildman–Crippen MR) is 192 cm³/mol. The minimum Gasteiger partial charge on any atom is -0.506 e. The minimum absolute atomic E-state index is 0.0350. The van der Waals surface area contributed by atoms with Crippen molar-refractivity contribution < 1.29 is 28.9 Å². The molecule has 4 heterocycles. The van der Waals surface area contributed by atoms with Crippen molar-refractivity contribution in [2.75, 3.05) is 9.80 Å². The Morgan fingerprint density at radius 3 is 1.74 bits per heavy atom. The van der Waals surface area contributed by atoms with Crippen LogP contribution in [0.3, 0.4) is 0 Å². The number of hydrogen-bond acceptors (Lipinski definition) is 10. The highest BCUT2D eigenvalue weighted by molar-refractivity contribution is 5.91. The highest BCUT2D eigenvalue weighted by Gasteiger charge is 2.31. The van der Waals surface area contributed by atoms with Crippen molar-refractivity contribution in [1.82, 2.24) is 9.97 Å². The van der Waals surface area contributed by atoms with Gasteiger partial charge in [-0.15, -0.1) is 0 Å². The molecule has 0 unspecified atom stereocenters. The topological polar surface area (TPSA) is 166 Å². The second kappa shape index (κ2) is 15.6. The average molecular weight is 706 g/mol. The SMILES string of the molecule is Cc1ncc2c(c1O)COC(=O)N2Cc1ccc(C#N)cc1.[C-]#[N+]c1ccc(COc2c(C)ncc3c2COC(=O)N3Cc2ccc(C#N)cc2)cc1. The lowest BCUT2D eigenvalue weighted by Gasteiger charge is -2.30. The number of nitrogens with zero attached hydrogens (tertiary/aromatic N) is 7. The highest BCUT2D eigenvalue weighted by Crippen LogP contribution is 2.37. The van der Waals surface area contributed by atoms with Crippen LogP contribution in [-0.4, -0.2) is 27.3 Å². The van der Waals surface area contributed by atoms with Crippen molar-refractivity contribution in [1.29, 1.82) is 10.5 Å². The molecule has 262 valence electrons. The summed E-state index contributed by atoms with van der Waals surface area (Å²) < 4.78 is 16.6. The van der Waals surface area contributed by atoms with Crippen LogP contribution in [0, 0.1) is 43.1 Å². The van der Waals surface area contributed by atoms with Crippen LogP contribution in [0.2, 0.25) is 0 Å². The molecule has 2 aliphatic rings. The van der Waals surface area contributed by atoms with Crippen LogP contribution in [0.4, 0.5) is 26.7 Å². The molecule has 3 aromatic carbocycles. The van der Waals surface area contributed by atoms with Crippen LogP contribution in [-0.2, 0) is 42.4 Å². The van der Waals surface area contributed by atoms with Gasteiger partial charge in [-0.25, -0.2) is 14.4 Å². The molecule has 0 radical (unpaired) electrons. The second-order valence-electron chi connectivity index (χ2n) is 12.1. The normalized spacial score (nSPS) is 12.7. The van der Waals surface area contributed by atoms with Crippen molar-refractivity contribution in [3.05, 3.63) is 147 Å². The number of ether oxygens (including phenoxy) is 3. The molecule has 0 fully saturated rings. The zero-order chi connectivity index (χ0) is 37.5. The maximum absolute atomic E-state index is 12.5. The molecule has 2 aliphatic heterocycles. The largest absolute Gasteiger partial charge is 0.506 e. The first-order valence-corrected chi connectivity index (χ1v) is 16.3. The lowest BCUT2D eigenvalue weighted by molar-refractivity contribution is 0.138. The molecule has 7 rings (SSSR count). The van der Waals surface area contributed by atoms with Gasteiger partial charge in [0.25, 0.3) is 0 Å². The van der Waals surface area contributed by atoms with Gasteiger partial charge in [0, 0.05) is 0 Å². The number of pyridine rings is 2. The summed E-state index contributed by atoms with van der Waals surface area (Å²) in [6, 6.07) is 25.3. The quantitative estimate of drug-likeness (QED) is 0.166. The van der Waals surface area contributed by atoms with E-state index in [2.05, 4.69) is 20.9 Å². The van der Waals surface area contributed by atoms with Crippen LogP contribution >= 0.6 is 0 Å². The van der Waals surface area contributed by atoms with E-state index in [0.29, 0.717) is 64.0 Å². The molecule has 2 aromatic heterocycles. The number of carbonyl (C=O) groups excluding carboxylic acids is 2. The number of cyclic esters (lactones) is 2. The smallest absolute Gasteiger partial charge is 0.414 e. The first-order chi connectivity index (χ1) is 25.7. The van der Waals surface area contributed by atoms with Crippen LogP contribution in [0.25, 0.3) is 4.85 Å². The van der Waals surface area contributed by atoms with E-state index in [1.807, 2.05) is 37.3 Å². The van der Waals surface area contributed by atoms with Gasteiger partial charge in [-0.3, -0.25) is 19.8 Å². The number of anilines is 2. The number of fused-ring (bicyclic) bond motifs is 2. The second-order valence-corrected chi connectivity index (χ2v) is 12.1. The Kier molecular flexibility index (Phi) is 10.4. The summed E-state index contributed by atoms with van der Waals surface area (Å²) >= 11 is 0. The third-order valence-electron chi connectivity index (χ3n) is 8.61. The number of amides is 2. The molecule has 53 heavy (non-hydrogen) atoms. The van der Waals surface area contributed by atoms with E-state index >= 15 is 0 Å². The number of hydrogen-bond donors (Lipinski definition) is 1. The zero-order valence-electron chi connectivity index (χ0n) is 28.7. The Balaban J connectivity index is 0.000000192. The molecule has 0 aliphatic carbocycles. The van der Waals surface area contributed by atoms with Gasteiger partial charge >= 0.3 is 12.2 Å². The van der Waals surface area contributed by atoms with Crippen molar-refractivity contribution in [2.45, 2.75) is 46.8 Å². The molecule has 0 saturated carbocycles. The highest BCUT2D eigenvalue weighted by atomic mass is 16.6. The third-order valence-corrected chi connectivity index (χ3v) is 8.61. The van der Waals surface area contributed by atoms with Gasteiger partial charge < -0.3 is 19.3 Å². The average Bonchev–Trinajstić information content (AvgIpc) is 3.19. The molecule has 13 nitrogen and oxygen atoms in total. The molecule has 2 amide bonds. The van der Waals surface area contributed by atoms with Crippen LogP contribution < -0.4 is 14.5 Å². The molecule has 5 aromatic rings. The number of aryl methyl sites for hydroxylation is 2. The fourth-order valence-corrected chi connectivity index (χ4v) is 5.68. The fourth-order valence-electron chi connectivity index (χ4n) is 5.68. The van der Waals surface area contributed by atoms with Gasteiger partial charge in [0.1, 0.15) is 31.3 Å². The summed E-state index contributed by atoms with van der Waals surface area (Å²) in [5.74, 6) is 0.638. The van der Waals surface area contributed by atoms with Crippen molar-refractivity contribution in [3.63, 3.8) is 0 Å². The Hall–Kier alpha value is -7.43. The summed E-state index contributed by atoms with van der Waals surface area (Å²) in [6.07, 6.45) is 2.28. The summed E-state index contributed by atoms with van der Waals surface area (Å²) in [5.41, 5.74) is 8.03. The number of carbonyl (C=O) groups is 2. The van der Waals surface area contributed by atoms with Gasteiger partial charge in [0.15, 0.2) is 5.69 Å². The Morgan fingerprint density at radius 1 is 0.755 bits per heavy atom. The molecular weight excluding hydrogens is 674 g/mol. The maximum atomic E-state index is 12.5. The predicted octanol–water partition coefficient (Wildman–Crippen LogP) is 7.67. The summed E-state index contributed by atoms with van der Waals surface area (Å²) in [4.78, 5) is 39.4. The number of rotatable bonds is 7. The molecule has 0 saturated heterocycles. The number of nitriles is 2. The fraction of sp³-hybridized carbons (Fsp3) is 0.175. The lowest BCUT2D eigenvalue weighted by atomic mass is 10.1. The Morgan fingerprint density at radius 2 is 1.23 bits per heavy atom. The van der Waals surface area contributed by atoms with Crippen molar-refractivity contribution in [2.24, 2.45) is 0 Å². The van der Waals surface area contributed by atoms with E-state index in [1.165, 1.54) is 9.80 Å². The molecule has 0 bridgehead atoms. The van der Waals surface area contributed by atoms with E-state index in [-0.39, 0.29) is 25.5 Å². The van der Waals surface area contributed by atoms with E-state index in [9.17, 15) is 14.7 Å². The third kappa shape index (κ3) is 7.83. The van der Waals surface area contributed by atoms with Gasteiger partial charge in [0.05, 0.1) is 89.2 Å². The number of aromatic nitrogens is 2. The lowest BCUT2D eigenvalue weighted by Crippen LogP contribution is -2.35. The van der Waals surface area contributed by atoms with Crippen molar-refractivity contribution in [3.8, 4) is 23.6 Å². The van der Waals surface area contributed by atoms with E-state index in [0.717, 1.165) is 22.3 Å². The first-order valence-electron chi connectivity index (χ1n) is 16.3. The van der Waals surface area contributed by atoms with Gasteiger partial charge in [0.2, 0.25) is 0 Å². The summed E-state index contributed by atoms with van der Waals surface area (Å²) in [7, 11) is 0. The van der Waals surface area contributed by atoms with Crippen molar-refractivity contribution >= 4 is 29.2 Å². The Bertz CT molecular complexity index is 2310. The van der Waals surface area contributed by atoms with Crippen LogP contribution in [0.5, 0.6) is 11.5 Å². The van der Waals surface area contributed by atoms with E-state index in [4.69, 9.17) is 31.3 Å². The number of benzene rings is 3. The molecular formula is C40H31N7O6. The monoisotopic (exact) mass is 705 g/mol. The van der Waals surface area contributed by atoms with Gasteiger partial charge in [-0.2, -0.15) is 10.5 Å². The van der Waals surface area contributed by atoms with Gasteiger partial charge in [-0.1, -0.05) is 48.5 Å². The molecule has 0 spiro atoms. The minimum atomic E-state index is -0.484. The van der Waals surface area contributed by atoms with Crippen LogP contribution in [0.15, 0.2) is 85.2 Å². The van der Waals surface area contributed by atoms with Crippen LogP contribution in [0.1, 0.15) is 50.3 Å². The van der Waals surface area contributed by atoms with E-state index in [1.54, 1.807) is 67.8 Å². The maximum Gasteiger partial charge on any atom is 0.414 e. The molecule has 13 heteroatoms. The molecule has 0 atom stereocenters. The number of aromatic hydroxyl groups is 1. The Labute approximate surface area is 305 Å². The summed E-state index contributed by atoms with van der Waals surface area (Å²) in [6.45, 7) is 11.6. The van der Waals surface area contributed by atoms with Gasteiger partial charge in [-0.05, 0) is 54.8 Å².